The van der Waals surface area contributed by atoms with Crippen LogP contribution in [0.25, 0.3) is 0 Å². The number of aliphatic carboxylic acids is 4. The molecule has 0 heterocycles. The molecule has 2 aromatic carbocycles. The first-order valence-corrected chi connectivity index (χ1v) is 11.3. The van der Waals surface area contributed by atoms with Gasteiger partial charge < -0.3 is 39.6 Å². The van der Waals surface area contributed by atoms with Crippen molar-refractivity contribution in [2.24, 2.45) is 11.8 Å². The van der Waals surface area contributed by atoms with E-state index in [0.29, 0.717) is 0 Å². The van der Waals surface area contributed by atoms with Crippen molar-refractivity contribution in [1.29, 1.82) is 0 Å². The summed E-state index contributed by atoms with van der Waals surface area (Å²) in [5.41, 5.74) is 0.567. The first-order chi connectivity index (χ1) is 16.9. The van der Waals surface area contributed by atoms with Gasteiger partial charge in [-0.05, 0) is 58.1 Å². The second-order valence-corrected chi connectivity index (χ2v) is 8.57. The van der Waals surface area contributed by atoms with Gasteiger partial charge in [0.25, 0.3) is 0 Å². The van der Waals surface area contributed by atoms with Crippen molar-refractivity contribution < 1.29 is 39.6 Å². The van der Waals surface area contributed by atoms with Gasteiger partial charge in [0.2, 0.25) is 0 Å². The minimum atomic E-state index is -1.47. The van der Waals surface area contributed by atoms with Gasteiger partial charge in [0.15, 0.2) is 0 Å². The van der Waals surface area contributed by atoms with Crippen LogP contribution in [0, 0.1) is 11.8 Å². The summed E-state index contributed by atoms with van der Waals surface area (Å²) >= 11 is 0. The second kappa shape index (κ2) is 18.6. The topological polar surface area (TPSA) is 161 Å². The Hall–Kier alpha value is -2.67. The first kappa shape index (κ1) is 37.5. The van der Waals surface area contributed by atoms with Gasteiger partial charge in [-0.1, -0.05) is 88.4 Å². The molecule has 0 aliphatic carbocycles. The number of carbonyl (C=O) groups excluding carboxylic acids is 4. The molecule has 0 aromatic heterocycles. The number of hydrogen-bond donors (Lipinski definition) is 0. The molecule has 0 aliphatic heterocycles. The van der Waals surface area contributed by atoms with Crippen molar-refractivity contribution in [3.05, 3.63) is 94.1 Å². The average Bonchev–Trinajstić information content (AvgIpc) is 2.79. The Morgan fingerprint density at radius 2 is 0.789 bits per heavy atom. The van der Waals surface area contributed by atoms with E-state index in [-0.39, 0.29) is 81.2 Å². The van der Waals surface area contributed by atoms with E-state index in [2.05, 4.69) is 0 Å². The Morgan fingerprint density at radius 1 is 0.526 bits per heavy atom. The fourth-order valence-electron chi connectivity index (χ4n) is 3.57. The fraction of sp³-hybridized carbons (Fsp3) is 0.286. The third kappa shape index (κ3) is 12.3. The number of hydrogen-bond acceptors (Lipinski definition) is 8. The monoisotopic (exact) mass is 540 g/mol. The van der Waals surface area contributed by atoms with Crippen LogP contribution >= 0.6 is 0 Å². The van der Waals surface area contributed by atoms with E-state index >= 15 is 0 Å². The number of carbonyl (C=O) groups is 4. The molecule has 0 bridgehead atoms. The number of carboxylic acid groups (broad SMARTS) is 4. The molecule has 0 atom stereocenters. The average molecular weight is 541 g/mol. The van der Waals surface area contributed by atoms with Crippen LogP contribution < -0.4 is 20.4 Å². The van der Waals surface area contributed by atoms with E-state index < -0.39 is 35.7 Å². The molecule has 0 radical (unpaired) electrons. The molecule has 0 saturated heterocycles. The maximum absolute atomic E-state index is 11.1. The summed E-state index contributed by atoms with van der Waals surface area (Å²) in [4.78, 5) is 44.2. The van der Waals surface area contributed by atoms with Crippen molar-refractivity contribution in [1.82, 2.24) is 0 Å². The molecule has 0 spiro atoms. The van der Waals surface area contributed by atoms with Gasteiger partial charge in [-0.25, -0.2) is 0 Å². The molecule has 0 N–H and O–H groups in total. The summed E-state index contributed by atoms with van der Waals surface area (Å²) in [5, 5.41) is 44.2. The van der Waals surface area contributed by atoms with Crippen LogP contribution in [0.3, 0.4) is 0 Å². The van der Waals surface area contributed by atoms with Gasteiger partial charge in [-0.15, -0.1) is 0 Å². The van der Waals surface area contributed by atoms with Crippen LogP contribution in [-0.2, 0) is 32.0 Å². The number of rotatable bonds is 10. The summed E-state index contributed by atoms with van der Waals surface area (Å²) in [7, 11) is 0. The number of benzene rings is 2. The predicted molar refractivity (Wildman–Crippen MR) is 136 cm³/mol. The fourth-order valence-corrected chi connectivity index (χ4v) is 3.57. The van der Waals surface area contributed by atoms with Crippen LogP contribution in [0.2, 0.25) is 0 Å². The molecule has 38 heavy (non-hydrogen) atoms. The summed E-state index contributed by atoms with van der Waals surface area (Å²) < 4.78 is 0. The SMILES string of the molecule is CC(C)/C(C(=O)[O-])=C(\Cc1ccccc1)C(=O)[O-].CC(C)/C(C(=O)[O-])=C(\Cc1ccccc1)C(=O)[O-].[Mg+2].[Mg+2]. The van der Waals surface area contributed by atoms with E-state index in [9.17, 15) is 39.6 Å². The zero-order valence-electron chi connectivity index (χ0n) is 22.0. The molecule has 0 aliphatic rings. The van der Waals surface area contributed by atoms with Crippen LogP contribution in [0.15, 0.2) is 83.0 Å². The maximum atomic E-state index is 11.1. The normalized spacial score (nSPS) is 11.5. The smallest absolute Gasteiger partial charge is 0.545 e. The maximum Gasteiger partial charge on any atom is 2.00 e. The van der Waals surface area contributed by atoms with E-state index in [1.54, 1.807) is 88.4 Å². The van der Waals surface area contributed by atoms with Gasteiger partial charge in [0.1, 0.15) is 0 Å². The van der Waals surface area contributed by atoms with Crippen molar-refractivity contribution in [2.45, 2.75) is 40.5 Å². The van der Waals surface area contributed by atoms with E-state index in [4.69, 9.17) is 0 Å². The third-order valence-corrected chi connectivity index (χ3v) is 5.19. The molecule has 0 fully saturated rings. The van der Waals surface area contributed by atoms with Crippen LogP contribution in [0.1, 0.15) is 38.8 Å². The van der Waals surface area contributed by atoms with Gasteiger partial charge >= 0.3 is 46.1 Å². The molecule has 0 saturated carbocycles. The Bertz CT molecular complexity index is 1050. The summed E-state index contributed by atoms with van der Waals surface area (Å²) in [6, 6.07) is 17.6. The van der Waals surface area contributed by atoms with Crippen molar-refractivity contribution >= 4 is 70.0 Å². The van der Waals surface area contributed by atoms with Gasteiger partial charge in [-0.3, -0.25) is 0 Å². The quantitative estimate of drug-likeness (QED) is 0.262. The minimum Gasteiger partial charge on any atom is -0.545 e. The Balaban J connectivity index is 0. The zero-order chi connectivity index (χ0) is 27.4. The van der Waals surface area contributed by atoms with Gasteiger partial charge in [0, 0.05) is 0 Å². The van der Waals surface area contributed by atoms with Gasteiger partial charge in [0.05, 0.1) is 23.9 Å². The van der Waals surface area contributed by atoms with Crippen molar-refractivity contribution in [2.75, 3.05) is 0 Å². The van der Waals surface area contributed by atoms with E-state index in [1.165, 1.54) is 0 Å². The molecule has 2 rings (SSSR count). The van der Waals surface area contributed by atoms with Crippen molar-refractivity contribution in [3.63, 3.8) is 0 Å². The van der Waals surface area contributed by atoms with E-state index in [0.717, 1.165) is 11.1 Å². The summed E-state index contributed by atoms with van der Waals surface area (Å²) in [5.74, 6) is -6.73. The molecular weight excluding hydrogens is 513 g/mol. The third-order valence-electron chi connectivity index (χ3n) is 5.19. The predicted octanol–water partition coefficient (Wildman–Crippen LogP) is -1.40. The standard InChI is InChI=1S/2C14H16O4.2Mg/c2*1-9(2)12(14(17)18)11(13(15)16)8-10-6-4-3-5-7-10;;/h2*3-7,9H,8H2,1-2H3,(H,15,16)(H,17,18);;/q;;2*+2/p-4/b2*12-11-;;. The largest absolute Gasteiger partial charge is 2.00 e. The summed E-state index contributed by atoms with van der Waals surface area (Å²) in [6.45, 7) is 6.44. The molecule has 0 amide bonds. The molecular formula is C28H28Mg2O8. The van der Waals surface area contributed by atoms with Gasteiger partial charge in [-0.2, -0.15) is 0 Å². The molecule has 192 valence electrons. The van der Waals surface area contributed by atoms with Crippen LogP contribution in [0.5, 0.6) is 0 Å². The Kier molecular flexibility index (Phi) is 18.3. The second-order valence-electron chi connectivity index (χ2n) is 8.57. The van der Waals surface area contributed by atoms with Crippen LogP contribution in [0.4, 0.5) is 0 Å². The molecule has 8 nitrogen and oxygen atoms in total. The zero-order valence-corrected chi connectivity index (χ0v) is 24.9. The minimum absolute atomic E-state index is 0. The summed E-state index contributed by atoms with van der Waals surface area (Å²) in [6.07, 6.45) is 0.0370. The molecule has 2 aromatic rings. The van der Waals surface area contributed by atoms with E-state index in [1.807, 2.05) is 0 Å². The first-order valence-electron chi connectivity index (χ1n) is 11.3. The Morgan fingerprint density at radius 3 is 0.974 bits per heavy atom. The number of carboxylic acids is 4. The van der Waals surface area contributed by atoms with Crippen molar-refractivity contribution in [3.8, 4) is 0 Å². The van der Waals surface area contributed by atoms with Crippen LogP contribution in [-0.4, -0.2) is 70.0 Å². The Labute approximate surface area is 254 Å². The molecule has 0 unspecified atom stereocenters. The molecule has 10 heteroatoms.